The highest BCUT2D eigenvalue weighted by atomic mass is 32.2. The second-order valence-corrected chi connectivity index (χ2v) is 6.49. The van der Waals surface area contributed by atoms with E-state index >= 15 is 0 Å². The molecule has 1 aliphatic rings. The van der Waals surface area contributed by atoms with Crippen molar-refractivity contribution < 1.29 is 9.84 Å². The summed E-state index contributed by atoms with van der Waals surface area (Å²) in [5.74, 6) is 1.39. The molecule has 2 rings (SSSR count). The lowest BCUT2D eigenvalue weighted by Gasteiger charge is -2.23. The first-order chi connectivity index (χ1) is 9.63. The van der Waals surface area contributed by atoms with Crippen molar-refractivity contribution in [2.75, 3.05) is 27.0 Å². The SMILES string of the molecule is COc1cc(CN(C)CC2CCCC2O)ccc1SC. The molecule has 2 atom stereocenters. The van der Waals surface area contributed by atoms with Crippen molar-refractivity contribution in [2.24, 2.45) is 5.92 Å². The number of thioether (sulfide) groups is 1. The normalized spacial score (nSPS) is 22.4. The van der Waals surface area contributed by atoms with E-state index in [-0.39, 0.29) is 6.10 Å². The second-order valence-electron chi connectivity index (χ2n) is 5.64. The Morgan fingerprint density at radius 1 is 1.40 bits per heavy atom. The van der Waals surface area contributed by atoms with Crippen molar-refractivity contribution in [1.29, 1.82) is 0 Å². The third kappa shape index (κ3) is 3.90. The third-order valence-electron chi connectivity index (χ3n) is 4.07. The monoisotopic (exact) mass is 295 g/mol. The van der Waals surface area contributed by atoms with E-state index in [0.717, 1.165) is 38.1 Å². The molecule has 0 amide bonds. The highest BCUT2D eigenvalue weighted by Gasteiger charge is 2.26. The molecule has 1 aromatic rings. The molecule has 1 fully saturated rings. The Hall–Kier alpha value is -0.710. The van der Waals surface area contributed by atoms with Crippen LogP contribution in [-0.2, 0) is 6.54 Å². The van der Waals surface area contributed by atoms with Gasteiger partial charge in [-0.1, -0.05) is 12.5 Å². The molecule has 112 valence electrons. The molecule has 0 aliphatic heterocycles. The summed E-state index contributed by atoms with van der Waals surface area (Å²) in [5.41, 5.74) is 1.26. The summed E-state index contributed by atoms with van der Waals surface area (Å²) in [6.07, 6.45) is 5.24. The molecule has 20 heavy (non-hydrogen) atoms. The van der Waals surface area contributed by atoms with E-state index in [1.165, 1.54) is 10.5 Å². The Bertz CT molecular complexity index is 438. The van der Waals surface area contributed by atoms with Crippen LogP contribution >= 0.6 is 11.8 Å². The Labute approximate surface area is 126 Å². The maximum absolute atomic E-state index is 9.90. The lowest BCUT2D eigenvalue weighted by molar-refractivity contribution is 0.108. The Kier molecular flexibility index (Phi) is 5.75. The fourth-order valence-electron chi connectivity index (χ4n) is 2.99. The van der Waals surface area contributed by atoms with Crippen LogP contribution in [0.5, 0.6) is 5.75 Å². The van der Waals surface area contributed by atoms with Gasteiger partial charge in [0.15, 0.2) is 0 Å². The van der Waals surface area contributed by atoms with E-state index < -0.39 is 0 Å². The summed E-state index contributed by atoms with van der Waals surface area (Å²) in [7, 11) is 3.84. The van der Waals surface area contributed by atoms with Crippen molar-refractivity contribution in [1.82, 2.24) is 4.90 Å². The summed E-state index contributed by atoms with van der Waals surface area (Å²) in [5, 5.41) is 9.90. The van der Waals surface area contributed by atoms with Gasteiger partial charge in [0.25, 0.3) is 0 Å². The number of aliphatic hydroxyl groups excluding tert-OH is 1. The molecule has 4 heteroatoms. The first-order valence-electron chi connectivity index (χ1n) is 7.21. The minimum absolute atomic E-state index is 0.106. The van der Waals surface area contributed by atoms with Crippen LogP contribution in [0, 0.1) is 5.92 Å². The molecule has 3 nitrogen and oxygen atoms in total. The molecule has 0 heterocycles. The van der Waals surface area contributed by atoms with Crippen LogP contribution in [0.1, 0.15) is 24.8 Å². The predicted octanol–water partition coefficient (Wildman–Crippen LogP) is 3.01. The van der Waals surface area contributed by atoms with Gasteiger partial charge in [-0.05, 0) is 49.8 Å². The maximum Gasteiger partial charge on any atom is 0.132 e. The van der Waals surface area contributed by atoms with Gasteiger partial charge in [0.05, 0.1) is 13.2 Å². The average Bonchev–Trinajstić information content (AvgIpc) is 2.84. The molecule has 0 radical (unpaired) electrons. The highest BCUT2D eigenvalue weighted by molar-refractivity contribution is 7.98. The van der Waals surface area contributed by atoms with Crippen molar-refractivity contribution in [3.8, 4) is 5.75 Å². The molecule has 1 N–H and O–H groups in total. The molecular formula is C16H25NO2S. The van der Waals surface area contributed by atoms with Crippen molar-refractivity contribution in [3.63, 3.8) is 0 Å². The van der Waals surface area contributed by atoms with Gasteiger partial charge in [-0.3, -0.25) is 0 Å². The van der Waals surface area contributed by atoms with E-state index in [0.29, 0.717) is 5.92 Å². The molecule has 0 saturated heterocycles. The summed E-state index contributed by atoms with van der Waals surface area (Å²) < 4.78 is 5.43. The van der Waals surface area contributed by atoms with Gasteiger partial charge in [0.1, 0.15) is 5.75 Å². The van der Waals surface area contributed by atoms with Crippen LogP contribution in [0.3, 0.4) is 0 Å². The van der Waals surface area contributed by atoms with Gasteiger partial charge >= 0.3 is 0 Å². The number of hydrogen-bond acceptors (Lipinski definition) is 4. The van der Waals surface area contributed by atoms with E-state index in [4.69, 9.17) is 4.74 Å². The van der Waals surface area contributed by atoms with E-state index in [2.05, 4.69) is 36.4 Å². The van der Waals surface area contributed by atoms with Crippen LogP contribution in [0.25, 0.3) is 0 Å². The van der Waals surface area contributed by atoms with Gasteiger partial charge in [0.2, 0.25) is 0 Å². The van der Waals surface area contributed by atoms with Gasteiger partial charge in [0, 0.05) is 18.0 Å². The minimum Gasteiger partial charge on any atom is -0.496 e. The zero-order valence-corrected chi connectivity index (χ0v) is 13.4. The smallest absolute Gasteiger partial charge is 0.132 e. The Morgan fingerprint density at radius 2 is 2.20 bits per heavy atom. The number of ether oxygens (including phenoxy) is 1. The van der Waals surface area contributed by atoms with Crippen LogP contribution in [0.15, 0.2) is 23.1 Å². The number of rotatable bonds is 6. The van der Waals surface area contributed by atoms with E-state index in [1.807, 2.05) is 0 Å². The molecule has 1 aliphatic carbocycles. The summed E-state index contributed by atoms with van der Waals surface area (Å²) in [6.45, 7) is 1.86. The number of hydrogen-bond donors (Lipinski definition) is 1. The third-order valence-corrected chi connectivity index (χ3v) is 4.84. The zero-order valence-electron chi connectivity index (χ0n) is 12.6. The van der Waals surface area contributed by atoms with Gasteiger partial charge in [-0.15, -0.1) is 11.8 Å². The van der Waals surface area contributed by atoms with Crippen molar-refractivity contribution in [3.05, 3.63) is 23.8 Å². The average molecular weight is 295 g/mol. The first kappa shape index (κ1) is 15.7. The lowest BCUT2D eigenvalue weighted by Crippen LogP contribution is -2.29. The van der Waals surface area contributed by atoms with E-state index in [9.17, 15) is 5.11 Å². The fourth-order valence-corrected chi connectivity index (χ4v) is 3.53. The molecule has 0 bridgehead atoms. The standard InChI is InChI=1S/C16H25NO2S/c1-17(11-13-5-4-6-14(13)18)10-12-7-8-16(20-3)15(9-12)19-2/h7-9,13-14,18H,4-6,10-11H2,1-3H3. The predicted molar refractivity (Wildman–Crippen MR) is 84.5 cm³/mol. The van der Waals surface area contributed by atoms with Crippen LogP contribution < -0.4 is 4.74 Å². The largest absolute Gasteiger partial charge is 0.496 e. The molecule has 1 aromatic carbocycles. The molecule has 0 aromatic heterocycles. The second kappa shape index (κ2) is 7.34. The van der Waals surface area contributed by atoms with Crippen LogP contribution in [0.2, 0.25) is 0 Å². The van der Waals surface area contributed by atoms with E-state index in [1.54, 1.807) is 18.9 Å². The van der Waals surface area contributed by atoms with Gasteiger partial charge in [-0.2, -0.15) is 0 Å². The summed E-state index contributed by atoms with van der Waals surface area (Å²) in [6, 6.07) is 6.40. The minimum atomic E-state index is -0.106. The number of nitrogens with zero attached hydrogens (tertiary/aromatic N) is 1. The van der Waals surface area contributed by atoms with Crippen molar-refractivity contribution in [2.45, 2.75) is 36.8 Å². The van der Waals surface area contributed by atoms with Crippen molar-refractivity contribution >= 4 is 11.8 Å². The van der Waals surface area contributed by atoms with Gasteiger partial charge < -0.3 is 14.7 Å². The quantitative estimate of drug-likeness (QED) is 0.818. The summed E-state index contributed by atoms with van der Waals surface area (Å²) in [4.78, 5) is 3.47. The molecule has 2 unspecified atom stereocenters. The van der Waals surface area contributed by atoms with Crippen LogP contribution in [-0.4, -0.2) is 43.1 Å². The molecular weight excluding hydrogens is 270 g/mol. The topological polar surface area (TPSA) is 32.7 Å². The number of aliphatic hydroxyl groups is 1. The first-order valence-corrected chi connectivity index (χ1v) is 8.44. The number of benzene rings is 1. The Morgan fingerprint density at radius 3 is 2.80 bits per heavy atom. The molecule has 0 spiro atoms. The fraction of sp³-hybridized carbons (Fsp3) is 0.625. The Balaban J connectivity index is 1.95. The van der Waals surface area contributed by atoms with Crippen LogP contribution in [0.4, 0.5) is 0 Å². The van der Waals surface area contributed by atoms with Gasteiger partial charge in [-0.25, -0.2) is 0 Å². The molecule has 1 saturated carbocycles. The summed E-state index contributed by atoms with van der Waals surface area (Å²) >= 11 is 1.70. The maximum atomic E-state index is 9.90. The lowest BCUT2D eigenvalue weighted by atomic mass is 10.1. The highest BCUT2D eigenvalue weighted by Crippen LogP contribution is 2.29. The number of methoxy groups -OCH3 is 1. The zero-order chi connectivity index (χ0) is 14.5.